The number of rotatable bonds is 3. The molecule has 0 saturated heterocycles. The number of carbonyl (C=O) groups excluding carboxylic acids is 1. The van der Waals surface area contributed by atoms with Gasteiger partial charge in [-0.1, -0.05) is 12.2 Å². The zero-order chi connectivity index (χ0) is 13.1. The van der Waals surface area contributed by atoms with Crippen molar-refractivity contribution >= 4 is 28.3 Å². The van der Waals surface area contributed by atoms with Crippen molar-refractivity contribution in [2.75, 3.05) is 5.32 Å². The Balaban J connectivity index is 2.07. The average Bonchev–Trinajstić information content (AvgIpc) is 2.74. The molecule has 6 heteroatoms. The quantitative estimate of drug-likeness (QED) is 0.821. The first kappa shape index (κ1) is 12.8. The van der Waals surface area contributed by atoms with Crippen LogP contribution in [0.15, 0.2) is 17.5 Å². The molecule has 0 aromatic carbocycles. The van der Waals surface area contributed by atoms with Gasteiger partial charge in [0.25, 0.3) is 0 Å². The molecule has 96 valence electrons. The van der Waals surface area contributed by atoms with Gasteiger partial charge in [0.05, 0.1) is 17.5 Å². The number of aliphatic carboxylic acids is 1. The van der Waals surface area contributed by atoms with Crippen LogP contribution in [0, 0.1) is 18.8 Å². The van der Waals surface area contributed by atoms with E-state index in [1.165, 1.54) is 11.3 Å². The number of carboxylic acids is 1. The van der Waals surface area contributed by atoms with E-state index < -0.39 is 17.8 Å². The number of nitrogens with one attached hydrogen (secondary N) is 1. The van der Waals surface area contributed by atoms with Crippen LogP contribution in [0.1, 0.15) is 18.5 Å². The minimum Gasteiger partial charge on any atom is -0.481 e. The second-order valence-electron chi connectivity index (χ2n) is 4.28. The Morgan fingerprint density at radius 1 is 1.39 bits per heavy atom. The van der Waals surface area contributed by atoms with Crippen LogP contribution in [0.3, 0.4) is 0 Å². The number of carboxylic acid groups (broad SMARTS) is 1. The molecule has 2 N–H and O–H groups in total. The Morgan fingerprint density at radius 3 is 2.61 bits per heavy atom. The summed E-state index contributed by atoms with van der Waals surface area (Å²) in [4.78, 5) is 27.3. The molecule has 0 radical (unpaired) electrons. The molecule has 0 fully saturated rings. The fourth-order valence-corrected chi connectivity index (χ4v) is 2.68. The lowest BCUT2D eigenvalue weighted by atomic mass is 9.82. The Hall–Kier alpha value is -1.69. The number of carbonyl (C=O) groups is 2. The standard InChI is InChI=1S/C12H14N2O3S/c1-7-6-18-12(13-7)14-10(15)8-4-2-3-5-9(8)11(16)17/h2-3,6,8-9H,4-5H2,1H3,(H,16,17)(H,13,14,15)/t8-,9+/m1/s1. The van der Waals surface area contributed by atoms with Gasteiger partial charge < -0.3 is 10.4 Å². The Labute approximate surface area is 109 Å². The molecule has 1 aliphatic carbocycles. The van der Waals surface area contributed by atoms with E-state index in [0.29, 0.717) is 18.0 Å². The van der Waals surface area contributed by atoms with Crippen molar-refractivity contribution in [3.05, 3.63) is 23.2 Å². The molecule has 1 heterocycles. The second kappa shape index (κ2) is 5.30. The molecular weight excluding hydrogens is 252 g/mol. The van der Waals surface area contributed by atoms with E-state index in [-0.39, 0.29) is 5.91 Å². The molecule has 1 aromatic rings. The summed E-state index contributed by atoms with van der Waals surface area (Å²) >= 11 is 1.34. The van der Waals surface area contributed by atoms with Crippen LogP contribution in [-0.4, -0.2) is 22.0 Å². The van der Waals surface area contributed by atoms with Gasteiger partial charge in [-0.05, 0) is 19.8 Å². The summed E-state index contributed by atoms with van der Waals surface area (Å²) in [7, 11) is 0. The number of allylic oxidation sites excluding steroid dienone is 2. The first-order valence-corrected chi connectivity index (χ1v) is 6.56. The van der Waals surface area contributed by atoms with Crippen molar-refractivity contribution in [3.63, 3.8) is 0 Å². The van der Waals surface area contributed by atoms with Crippen molar-refractivity contribution in [1.29, 1.82) is 0 Å². The summed E-state index contributed by atoms with van der Waals surface area (Å²) in [6, 6.07) is 0. The highest BCUT2D eigenvalue weighted by Crippen LogP contribution is 2.27. The molecule has 0 spiro atoms. The molecule has 0 unspecified atom stereocenters. The number of aryl methyl sites for hydroxylation is 1. The van der Waals surface area contributed by atoms with Crippen molar-refractivity contribution in [2.24, 2.45) is 11.8 Å². The number of amides is 1. The predicted octanol–water partition coefficient (Wildman–Crippen LogP) is 2.06. The molecule has 0 bridgehead atoms. The van der Waals surface area contributed by atoms with E-state index in [1.807, 2.05) is 24.5 Å². The summed E-state index contributed by atoms with van der Waals surface area (Å²) in [5, 5.41) is 14.2. The number of thiazole rings is 1. The molecule has 18 heavy (non-hydrogen) atoms. The summed E-state index contributed by atoms with van der Waals surface area (Å²) < 4.78 is 0. The third kappa shape index (κ3) is 2.76. The molecule has 1 aliphatic rings. The third-order valence-corrected chi connectivity index (χ3v) is 3.81. The topological polar surface area (TPSA) is 79.3 Å². The maximum atomic E-state index is 12.0. The van der Waals surface area contributed by atoms with Crippen LogP contribution < -0.4 is 5.32 Å². The highest BCUT2D eigenvalue weighted by atomic mass is 32.1. The monoisotopic (exact) mass is 266 g/mol. The van der Waals surface area contributed by atoms with Gasteiger partial charge in [-0.15, -0.1) is 11.3 Å². The first-order chi connectivity index (χ1) is 8.58. The average molecular weight is 266 g/mol. The Kier molecular flexibility index (Phi) is 3.76. The molecule has 2 atom stereocenters. The van der Waals surface area contributed by atoms with E-state index >= 15 is 0 Å². The minimum absolute atomic E-state index is 0.263. The molecule has 5 nitrogen and oxygen atoms in total. The van der Waals surface area contributed by atoms with E-state index in [4.69, 9.17) is 5.11 Å². The van der Waals surface area contributed by atoms with Gasteiger partial charge in [0.2, 0.25) is 5.91 Å². The maximum Gasteiger partial charge on any atom is 0.307 e. The summed E-state index contributed by atoms with van der Waals surface area (Å²) in [5.41, 5.74) is 0.841. The van der Waals surface area contributed by atoms with Gasteiger partial charge in [-0.2, -0.15) is 0 Å². The lowest BCUT2D eigenvalue weighted by molar-refractivity contribution is -0.146. The lowest BCUT2D eigenvalue weighted by Gasteiger charge is -2.23. The summed E-state index contributed by atoms with van der Waals surface area (Å²) in [5.74, 6) is -2.34. The Morgan fingerprint density at radius 2 is 2.06 bits per heavy atom. The van der Waals surface area contributed by atoms with E-state index in [9.17, 15) is 9.59 Å². The number of aromatic nitrogens is 1. The van der Waals surface area contributed by atoms with Crippen LogP contribution in [0.4, 0.5) is 5.13 Å². The van der Waals surface area contributed by atoms with Crippen LogP contribution in [-0.2, 0) is 9.59 Å². The normalized spacial score (nSPS) is 22.7. The van der Waals surface area contributed by atoms with Gasteiger partial charge in [0.15, 0.2) is 5.13 Å². The summed E-state index contributed by atoms with van der Waals surface area (Å²) in [6.07, 6.45) is 4.55. The molecule has 2 rings (SSSR count). The van der Waals surface area contributed by atoms with Crippen LogP contribution >= 0.6 is 11.3 Å². The number of anilines is 1. The van der Waals surface area contributed by atoms with E-state index in [0.717, 1.165) is 5.69 Å². The van der Waals surface area contributed by atoms with Gasteiger partial charge in [-0.3, -0.25) is 9.59 Å². The maximum absolute atomic E-state index is 12.0. The van der Waals surface area contributed by atoms with Crippen molar-refractivity contribution in [1.82, 2.24) is 4.98 Å². The molecular formula is C12H14N2O3S. The Bertz CT molecular complexity index is 495. The predicted molar refractivity (Wildman–Crippen MR) is 68.5 cm³/mol. The lowest BCUT2D eigenvalue weighted by Crippen LogP contribution is -2.34. The van der Waals surface area contributed by atoms with Gasteiger partial charge >= 0.3 is 5.97 Å². The zero-order valence-corrected chi connectivity index (χ0v) is 10.7. The fourth-order valence-electron chi connectivity index (χ4n) is 1.99. The highest BCUT2D eigenvalue weighted by molar-refractivity contribution is 7.13. The van der Waals surface area contributed by atoms with Crippen LogP contribution in [0.5, 0.6) is 0 Å². The number of hydrogen-bond donors (Lipinski definition) is 2. The summed E-state index contributed by atoms with van der Waals surface area (Å²) in [6.45, 7) is 1.84. The zero-order valence-electron chi connectivity index (χ0n) is 9.92. The van der Waals surface area contributed by atoms with Crippen molar-refractivity contribution < 1.29 is 14.7 Å². The fraction of sp³-hybridized carbons (Fsp3) is 0.417. The first-order valence-electron chi connectivity index (χ1n) is 5.68. The largest absolute Gasteiger partial charge is 0.481 e. The van der Waals surface area contributed by atoms with Crippen molar-refractivity contribution in [2.45, 2.75) is 19.8 Å². The smallest absolute Gasteiger partial charge is 0.307 e. The number of hydrogen-bond acceptors (Lipinski definition) is 4. The minimum atomic E-state index is -0.921. The highest BCUT2D eigenvalue weighted by Gasteiger charge is 2.34. The van der Waals surface area contributed by atoms with Crippen LogP contribution in [0.2, 0.25) is 0 Å². The van der Waals surface area contributed by atoms with Crippen LogP contribution in [0.25, 0.3) is 0 Å². The molecule has 1 amide bonds. The van der Waals surface area contributed by atoms with E-state index in [1.54, 1.807) is 0 Å². The molecule has 0 aliphatic heterocycles. The van der Waals surface area contributed by atoms with E-state index in [2.05, 4.69) is 10.3 Å². The number of nitrogens with zero attached hydrogens (tertiary/aromatic N) is 1. The second-order valence-corrected chi connectivity index (χ2v) is 5.14. The van der Waals surface area contributed by atoms with Gasteiger partial charge in [0, 0.05) is 5.38 Å². The molecule has 0 saturated carbocycles. The van der Waals surface area contributed by atoms with Crippen molar-refractivity contribution in [3.8, 4) is 0 Å². The van der Waals surface area contributed by atoms with Gasteiger partial charge in [-0.25, -0.2) is 4.98 Å². The third-order valence-electron chi connectivity index (χ3n) is 2.94. The SMILES string of the molecule is Cc1csc(NC(=O)[C@@H]2CC=CC[C@@H]2C(=O)O)n1. The molecule has 1 aromatic heterocycles. The van der Waals surface area contributed by atoms with Gasteiger partial charge in [0.1, 0.15) is 0 Å².